The largest absolute Gasteiger partial charge is 0.479 e. The molecule has 10 nitrogen and oxygen atoms in total. The second kappa shape index (κ2) is 9.24. The van der Waals surface area contributed by atoms with Gasteiger partial charge in [0.05, 0.1) is 53.2 Å². The summed E-state index contributed by atoms with van der Waals surface area (Å²) in [6, 6.07) is 0.924. The summed E-state index contributed by atoms with van der Waals surface area (Å²) < 4.78 is 10.6. The number of carbonyl (C=O) groups excluding carboxylic acids is 1. The smallest absolute Gasteiger partial charge is 0.323 e. The molecule has 3 aromatic rings. The first-order valence-electron chi connectivity index (χ1n) is 8.72. The molecule has 0 aliphatic rings. The van der Waals surface area contributed by atoms with Crippen LogP contribution in [0.15, 0.2) is 24.7 Å². The number of aryl methyl sites for hydroxylation is 1. The van der Waals surface area contributed by atoms with Gasteiger partial charge in [-0.2, -0.15) is 15.2 Å². The number of amides is 2. The number of hydrogen-bond acceptors (Lipinski definition) is 7. The van der Waals surface area contributed by atoms with Crippen molar-refractivity contribution in [3.8, 4) is 11.7 Å². The third-order valence-electron chi connectivity index (χ3n) is 4.21. The first-order valence-corrected chi connectivity index (χ1v) is 9.48. The van der Waals surface area contributed by atoms with Crippen molar-refractivity contribution in [2.75, 3.05) is 24.9 Å². The molecular formula is C18H19Cl2N7O3. The standard InChI is InChI=1S/C18H19Cl2N7O3/c1-9-15(20)14(10(2)29-3)13(8-21-9)25-18(28)24-12-7-11(19)16(26-17(12)30-4)27-22-5-6-23-27/h5-8,10H,1-4H3,(H2,24,25,28)/t10-/m0/s1. The van der Waals surface area contributed by atoms with Gasteiger partial charge in [-0.1, -0.05) is 23.2 Å². The minimum atomic E-state index is -0.567. The molecule has 2 N–H and O–H groups in total. The Hall–Kier alpha value is -2.95. The molecular weight excluding hydrogens is 433 g/mol. The van der Waals surface area contributed by atoms with E-state index < -0.39 is 6.03 Å². The number of carbonyl (C=O) groups is 1. The summed E-state index contributed by atoms with van der Waals surface area (Å²) in [5, 5.41) is 14.0. The van der Waals surface area contributed by atoms with Crippen LogP contribution in [0.4, 0.5) is 16.2 Å². The highest BCUT2D eigenvalue weighted by molar-refractivity contribution is 6.33. The molecule has 2 amide bonds. The SMILES string of the molecule is COc1nc(-n2nccn2)c(Cl)cc1NC(=O)Nc1cnc(C)c(Cl)c1[C@H](C)OC. The van der Waals surface area contributed by atoms with E-state index in [4.69, 9.17) is 32.7 Å². The van der Waals surface area contributed by atoms with E-state index in [1.807, 2.05) is 6.92 Å². The monoisotopic (exact) mass is 451 g/mol. The second-order valence-corrected chi connectivity index (χ2v) is 6.90. The molecule has 158 valence electrons. The van der Waals surface area contributed by atoms with Crippen molar-refractivity contribution in [3.63, 3.8) is 0 Å². The van der Waals surface area contributed by atoms with Crippen molar-refractivity contribution in [1.29, 1.82) is 0 Å². The molecule has 0 radical (unpaired) electrons. The summed E-state index contributed by atoms with van der Waals surface area (Å²) in [5.74, 6) is 0.391. The lowest BCUT2D eigenvalue weighted by molar-refractivity contribution is 0.120. The summed E-state index contributed by atoms with van der Waals surface area (Å²) in [5.41, 5.74) is 1.91. The summed E-state index contributed by atoms with van der Waals surface area (Å²) in [4.78, 5) is 22.4. The number of nitrogens with zero attached hydrogens (tertiary/aromatic N) is 5. The fraction of sp³-hybridized carbons (Fsp3) is 0.278. The maximum Gasteiger partial charge on any atom is 0.323 e. The van der Waals surface area contributed by atoms with Crippen molar-refractivity contribution >= 4 is 40.6 Å². The van der Waals surface area contributed by atoms with Crippen LogP contribution in [0.1, 0.15) is 24.3 Å². The van der Waals surface area contributed by atoms with Crippen molar-refractivity contribution in [3.05, 3.63) is 46.0 Å². The highest BCUT2D eigenvalue weighted by Crippen LogP contribution is 2.34. The molecule has 0 saturated heterocycles. The third kappa shape index (κ3) is 4.45. The second-order valence-electron chi connectivity index (χ2n) is 6.11. The summed E-state index contributed by atoms with van der Waals surface area (Å²) >= 11 is 12.7. The van der Waals surface area contributed by atoms with Gasteiger partial charge in [-0.25, -0.2) is 4.79 Å². The average Bonchev–Trinajstić information content (AvgIpc) is 3.25. The molecule has 3 heterocycles. The molecule has 1 atom stereocenters. The zero-order chi connectivity index (χ0) is 21.8. The van der Waals surface area contributed by atoms with E-state index in [9.17, 15) is 4.79 Å². The molecule has 0 aliphatic carbocycles. The van der Waals surface area contributed by atoms with Crippen LogP contribution in [0, 0.1) is 6.92 Å². The Kier molecular flexibility index (Phi) is 6.70. The van der Waals surface area contributed by atoms with E-state index in [0.29, 0.717) is 22.0 Å². The zero-order valence-corrected chi connectivity index (χ0v) is 18.1. The Morgan fingerprint density at radius 3 is 2.47 bits per heavy atom. The van der Waals surface area contributed by atoms with Gasteiger partial charge in [-0.3, -0.25) is 4.98 Å². The number of urea groups is 1. The van der Waals surface area contributed by atoms with Crippen molar-refractivity contribution in [1.82, 2.24) is 25.0 Å². The van der Waals surface area contributed by atoms with Gasteiger partial charge in [0.1, 0.15) is 5.69 Å². The van der Waals surface area contributed by atoms with Crippen LogP contribution < -0.4 is 15.4 Å². The van der Waals surface area contributed by atoms with E-state index in [2.05, 4.69) is 30.8 Å². The molecule has 3 rings (SSSR count). The van der Waals surface area contributed by atoms with Crippen molar-refractivity contribution in [2.45, 2.75) is 20.0 Å². The van der Waals surface area contributed by atoms with Gasteiger partial charge in [0, 0.05) is 12.7 Å². The lowest BCUT2D eigenvalue weighted by atomic mass is 10.1. The molecule has 0 saturated carbocycles. The van der Waals surface area contributed by atoms with Gasteiger partial charge >= 0.3 is 6.03 Å². The maximum atomic E-state index is 12.6. The molecule has 3 aromatic heterocycles. The summed E-state index contributed by atoms with van der Waals surface area (Å²) in [7, 11) is 2.97. The number of methoxy groups -OCH3 is 2. The number of anilines is 2. The Bertz CT molecular complexity index is 1060. The minimum absolute atomic E-state index is 0.132. The van der Waals surface area contributed by atoms with Crippen LogP contribution >= 0.6 is 23.2 Å². The van der Waals surface area contributed by atoms with E-state index in [0.717, 1.165) is 0 Å². The quantitative estimate of drug-likeness (QED) is 0.580. The summed E-state index contributed by atoms with van der Waals surface area (Å²) in [6.07, 6.45) is 4.13. The number of halogens is 2. The Morgan fingerprint density at radius 1 is 1.17 bits per heavy atom. The van der Waals surface area contributed by atoms with E-state index in [1.54, 1.807) is 14.0 Å². The van der Waals surface area contributed by atoms with Gasteiger partial charge in [0.2, 0.25) is 5.88 Å². The Labute approximate surface area is 182 Å². The fourth-order valence-electron chi connectivity index (χ4n) is 2.66. The molecule has 0 aliphatic heterocycles. The molecule has 0 unspecified atom stereocenters. The van der Waals surface area contributed by atoms with Crippen LogP contribution in [-0.2, 0) is 4.74 Å². The highest BCUT2D eigenvalue weighted by Gasteiger charge is 2.20. The van der Waals surface area contributed by atoms with Gasteiger partial charge in [0.25, 0.3) is 0 Å². The molecule has 0 aromatic carbocycles. The van der Waals surface area contributed by atoms with E-state index in [1.165, 1.54) is 36.6 Å². The first-order chi connectivity index (χ1) is 14.3. The normalized spacial score (nSPS) is 11.8. The third-order valence-corrected chi connectivity index (χ3v) is 4.97. The molecule has 0 fully saturated rings. The Balaban J connectivity index is 1.87. The van der Waals surface area contributed by atoms with Crippen LogP contribution in [-0.4, -0.2) is 45.2 Å². The number of aromatic nitrogens is 5. The summed E-state index contributed by atoms with van der Waals surface area (Å²) in [6.45, 7) is 3.59. The topological polar surface area (TPSA) is 116 Å². The van der Waals surface area contributed by atoms with E-state index >= 15 is 0 Å². The van der Waals surface area contributed by atoms with Crippen LogP contribution in [0.5, 0.6) is 5.88 Å². The van der Waals surface area contributed by atoms with Crippen molar-refractivity contribution < 1.29 is 14.3 Å². The van der Waals surface area contributed by atoms with Gasteiger partial charge < -0.3 is 20.1 Å². The van der Waals surface area contributed by atoms with Crippen LogP contribution in [0.3, 0.4) is 0 Å². The first kappa shape index (κ1) is 21.8. The fourth-order valence-corrected chi connectivity index (χ4v) is 3.20. The van der Waals surface area contributed by atoms with Gasteiger partial charge in [0.15, 0.2) is 5.82 Å². The zero-order valence-electron chi connectivity index (χ0n) is 16.6. The average molecular weight is 452 g/mol. The molecule has 30 heavy (non-hydrogen) atoms. The number of rotatable bonds is 6. The molecule has 12 heteroatoms. The van der Waals surface area contributed by atoms with Crippen LogP contribution in [0.25, 0.3) is 5.82 Å². The van der Waals surface area contributed by atoms with Gasteiger partial charge in [-0.15, -0.1) is 4.80 Å². The number of pyridine rings is 2. The molecule has 0 spiro atoms. The van der Waals surface area contributed by atoms with Crippen molar-refractivity contribution in [2.24, 2.45) is 0 Å². The lowest BCUT2D eigenvalue weighted by Gasteiger charge is -2.19. The minimum Gasteiger partial charge on any atom is -0.479 e. The Morgan fingerprint density at radius 2 is 1.83 bits per heavy atom. The predicted molar refractivity (Wildman–Crippen MR) is 113 cm³/mol. The molecule has 0 bridgehead atoms. The van der Waals surface area contributed by atoms with Gasteiger partial charge in [-0.05, 0) is 19.9 Å². The number of nitrogens with one attached hydrogen (secondary N) is 2. The van der Waals surface area contributed by atoms with E-state index in [-0.39, 0.29) is 28.5 Å². The highest BCUT2D eigenvalue weighted by atomic mass is 35.5. The lowest BCUT2D eigenvalue weighted by Crippen LogP contribution is -2.22. The maximum absolute atomic E-state index is 12.6. The number of hydrogen-bond donors (Lipinski definition) is 2. The van der Waals surface area contributed by atoms with Crippen LogP contribution in [0.2, 0.25) is 10.0 Å². The predicted octanol–water partition coefficient (Wildman–Crippen LogP) is 4.03. The number of ether oxygens (including phenoxy) is 2.